The molecule has 0 spiro atoms. The third-order valence-corrected chi connectivity index (χ3v) is 6.38. The molecule has 5 heteroatoms. The van der Waals surface area contributed by atoms with Gasteiger partial charge in [-0.15, -0.1) is 11.3 Å². The molecule has 2 amide bonds. The summed E-state index contributed by atoms with van der Waals surface area (Å²) in [5, 5.41) is 6.38. The van der Waals surface area contributed by atoms with Gasteiger partial charge in [0.1, 0.15) is 5.00 Å². The molecule has 0 saturated heterocycles. The molecule has 4 nitrogen and oxygen atoms in total. The number of amides is 2. The Labute approximate surface area is 165 Å². The summed E-state index contributed by atoms with van der Waals surface area (Å²) in [6.07, 6.45) is 2.95. The van der Waals surface area contributed by atoms with Gasteiger partial charge < -0.3 is 10.6 Å². The van der Waals surface area contributed by atoms with Crippen molar-refractivity contribution in [3.63, 3.8) is 0 Å². The summed E-state index contributed by atoms with van der Waals surface area (Å²) in [4.78, 5) is 26.5. The summed E-state index contributed by atoms with van der Waals surface area (Å²) < 4.78 is 0. The Morgan fingerprint density at radius 2 is 1.78 bits per heavy atom. The molecule has 0 fully saturated rings. The van der Waals surface area contributed by atoms with Gasteiger partial charge >= 0.3 is 0 Å². The number of fused-ring (bicyclic) bond motifs is 1. The molecule has 0 radical (unpaired) electrons. The molecule has 1 aliphatic rings. The van der Waals surface area contributed by atoms with Crippen molar-refractivity contribution >= 4 is 28.2 Å². The average molecular weight is 385 g/mol. The van der Waals surface area contributed by atoms with E-state index in [0.717, 1.165) is 24.8 Å². The minimum Gasteiger partial charge on any atom is -0.355 e. The number of thiophene rings is 1. The van der Waals surface area contributed by atoms with E-state index in [1.54, 1.807) is 18.4 Å². The second kappa shape index (κ2) is 7.47. The van der Waals surface area contributed by atoms with E-state index in [1.807, 2.05) is 24.3 Å². The van der Waals surface area contributed by atoms with Crippen molar-refractivity contribution in [2.24, 2.45) is 5.92 Å². The Balaban J connectivity index is 1.88. The largest absolute Gasteiger partial charge is 0.355 e. The van der Waals surface area contributed by atoms with Crippen LogP contribution >= 0.6 is 11.3 Å². The molecule has 27 heavy (non-hydrogen) atoms. The summed E-state index contributed by atoms with van der Waals surface area (Å²) in [5.41, 5.74) is 3.58. The van der Waals surface area contributed by atoms with Crippen LogP contribution in [0.25, 0.3) is 0 Å². The van der Waals surface area contributed by atoms with Gasteiger partial charge in [-0.1, -0.05) is 39.8 Å². The smallest absolute Gasteiger partial charge is 0.256 e. The van der Waals surface area contributed by atoms with Crippen molar-refractivity contribution in [2.75, 3.05) is 12.4 Å². The fraction of sp³-hybridized carbons (Fsp3) is 0.455. The van der Waals surface area contributed by atoms with E-state index < -0.39 is 0 Å². The molecular weight excluding hydrogens is 356 g/mol. The van der Waals surface area contributed by atoms with Crippen molar-refractivity contribution < 1.29 is 9.59 Å². The predicted octanol–water partition coefficient (Wildman–Crippen LogP) is 4.78. The van der Waals surface area contributed by atoms with Crippen LogP contribution in [0.2, 0.25) is 0 Å². The minimum atomic E-state index is -0.174. The molecule has 1 aliphatic carbocycles. The van der Waals surface area contributed by atoms with Crippen molar-refractivity contribution in [1.82, 2.24) is 5.32 Å². The third kappa shape index (κ3) is 4.08. The number of carbonyl (C=O) groups excluding carboxylic acids is 2. The fourth-order valence-electron chi connectivity index (χ4n) is 3.50. The number of benzene rings is 1. The quantitative estimate of drug-likeness (QED) is 0.800. The number of rotatable bonds is 3. The lowest BCUT2D eigenvalue weighted by molar-refractivity contribution is 0.0963. The van der Waals surface area contributed by atoms with E-state index in [1.165, 1.54) is 10.4 Å². The maximum Gasteiger partial charge on any atom is 0.256 e. The zero-order valence-corrected chi connectivity index (χ0v) is 17.5. The lowest BCUT2D eigenvalue weighted by Crippen LogP contribution is -2.22. The van der Waals surface area contributed by atoms with Crippen LogP contribution in [0.5, 0.6) is 0 Å². The standard InChI is InChI=1S/C22H28N2O2S/c1-13-6-11-16-17(12-13)27-21(18(16)20(26)23-5)24-19(25)14-7-9-15(10-8-14)22(2,3)4/h7-10,13H,6,11-12H2,1-5H3,(H,23,26)(H,24,25)/t13-/m1/s1. The molecule has 1 aromatic carbocycles. The molecular formula is C22H28N2O2S. The van der Waals surface area contributed by atoms with Gasteiger partial charge in [0.2, 0.25) is 0 Å². The van der Waals surface area contributed by atoms with Crippen LogP contribution in [0.1, 0.15) is 70.8 Å². The van der Waals surface area contributed by atoms with Gasteiger partial charge in [-0.25, -0.2) is 0 Å². The van der Waals surface area contributed by atoms with Crippen LogP contribution in [-0.2, 0) is 18.3 Å². The van der Waals surface area contributed by atoms with Gasteiger partial charge in [0.05, 0.1) is 5.56 Å². The van der Waals surface area contributed by atoms with Crippen LogP contribution in [-0.4, -0.2) is 18.9 Å². The molecule has 0 bridgehead atoms. The normalized spacial score (nSPS) is 16.6. The summed E-state index contributed by atoms with van der Waals surface area (Å²) >= 11 is 1.55. The van der Waals surface area contributed by atoms with Crippen LogP contribution < -0.4 is 10.6 Å². The molecule has 1 heterocycles. The van der Waals surface area contributed by atoms with Crippen molar-refractivity contribution in [1.29, 1.82) is 0 Å². The average Bonchev–Trinajstić information content (AvgIpc) is 2.97. The number of hydrogen-bond donors (Lipinski definition) is 2. The molecule has 144 valence electrons. The maximum absolute atomic E-state index is 12.8. The van der Waals surface area contributed by atoms with Crippen LogP contribution in [0.3, 0.4) is 0 Å². The summed E-state index contributed by atoms with van der Waals surface area (Å²) in [6.45, 7) is 8.68. The topological polar surface area (TPSA) is 58.2 Å². The molecule has 0 saturated carbocycles. The van der Waals surface area contributed by atoms with E-state index >= 15 is 0 Å². The number of carbonyl (C=O) groups is 2. The fourth-order valence-corrected chi connectivity index (χ4v) is 4.90. The van der Waals surface area contributed by atoms with Crippen molar-refractivity contribution in [2.45, 2.75) is 52.4 Å². The highest BCUT2D eigenvalue weighted by molar-refractivity contribution is 7.17. The summed E-state index contributed by atoms with van der Waals surface area (Å²) in [7, 11) is 1.63. The Hall–Kier alpha value is -2.14. The molecule has 3 rings (SSSR count). The Bertz CT molecular complexity index is 860. The zero-order valence-electron chi connectivity index (χ0n) is 16.7. The van der Waals surface area contributed by atoms with Crippen molar-refractivity contribution in [3.8, 4) is 0 Å². The molecule has 2 aromatic rings. The first-order chi connectivity index (χ1) is 12.7. The SMILES string of the molecule is CNC(=O)c1c(NC(=O)c2ccc(C(C)(C)C)cc2)sc2c1CC[C@@H](C)C2. The summed E-state index contributed by atoms with van der Waals surface area (Å²) in [6, 6.07) is 7.70. The highest BCUT2D eigenvalue weighted by Crippen LogP contribution is 2.39. The van der Waals surface area contributed by atoms with Gasteiger partial charge in [0, 0.05) is 17.5 Å². The number of anilines is 1. The molecule has 0 unspecified atom stereocenters. The maximum atomic E-state index is 12.8. The van der Waals surface area contributed by atoms with Crippen LogP contribution in [0, 0.1) is 5.92 Å². The first kappa shape index (κ1) is 19.6. The number of nitrogens with one attached hydrogen (secondary N) is 2. The van der Waals surface area contributed by atoms with Gasteiger partial charge in [-0.2, -0.15) is 0 Å². The van der Waals surface area contributed by atoms with Crippen LogP contribution in [0.4, 0.5) is 5.00 Å². The Kier molecular flexibility index (Phi) is 5.43. The second-order valence-electron chi connectivity index (χ2n) is 8.42. The van der Waals surface area contributed by atoms with E-state index in [0.29, 0.717) is 22.0 Å². The molecule has 2 N–H and O–H groups in total. The Morgan fingerprint density at radius 3 is 2.37 bits per heavy atom. The molecule has 1 atom stereocenters. The minimum absolute atomic E-state index is 0.0465. The van der Waals surface area contributed by atoms with Crippen molar-refractivity contribution in [3.05, 3.63) is 51.4 Å². The first-order valence-corrected chi connectivity index (χ1v) is 10.3. The molecule has 0 aliphatic heterocycles. The monoisotopic (exact) mass is 384 g/mol. The van der Waals surface area contributed by atoms with Gasteiger partial charge in [-0.3, -0.25) is 9.59 Å². The van der Waals surface area contributed by atoms with E-state index in [-0.39, 0.29) is 17.2 Å². The van der Waals surface area contributed by atoms with Crippen LogP contribution in [0.15, 0.2) is 24.3 Å². The first-order valence-electron chi connectivity index (χ1n) is 9.49. The highest BCUT2D eigenvalue weighted by Gasteiger charge is 2.28. The lowest BCUT2D eigenvalue weighted by atomic mass is 9.86. The predicted molar refractivity (Wildman–Crippen MR) is 112 cm³/mol. The van der Waals surface area contributed by atoms with E-state index in [2.05, 4.69) is 38.3 Å². The lowest BCUT2D eigenvalue weighted by Gasteiger charge is -2.19. The second-order valence-corrected chi connectivity index (χ2v) is 9.52. The number of hydrogen-bond acceptors (Lipinski definition) is 3. The van der Waals surface area contributed by atoms with Gasteiger partial charge in [0.15, 0.2) is 0 Å². The third-order valence-electron chi connectivity index (χ3n) is 5.21. The van der Waals surface area contributed by atoms with Gasteiger partial charge in [-0.05, 0) is 53.9 Å². The van der Waals surface area contributed by atoms with E-state index in [9.17, 15) is 9.59 Å². The van der Waals surface area contributed by atoms with E-state index in [4.69, 9.17) is 0 Å². The Morgan fingerprint density at radius 1 is 1.11 bits per heavy atom. The zero-order chi connectivity index (χ0) is 19.8. The highest BCUT2D eigenvalue weighted by atomic mass is 32.1. The van der Waals surface area contributed by atoms with Gasteiger partial charge in [0.25, 0.3) is 11.8 Å². The molecule has 1 aromatic heterocycles. The summed E-state index contributed by atoms with van der Waals surface area (Å²) in [5.74, 6) is 0.315.